The molecule has 3 heterocycles. The van der Waals surface area contributed by atoms with Crippen molar-refractivity contribution in [3.8, 4) is 0 Å². The van der Waals surface area contributed by atoms with Crippen LogP contribution in [-0.4, -0.2) is 46.6 Å². The fourth-order valence-electron chi connectivity index (χ4n) is 3.35. The Morgan fingerprint density at radius 1 is 1.26 bits per heavy atom. The fourth-order valence-corrected chi connectivity index (χ4v) is 3.53. The summed E-state index contributed by atoms with van der Waals surface area (Å²) in [6.07, 6.45) is 3.77. The van der Waals surface area contributed by atoms with Crippen molar-refractivity contribution in [2.45, 2.75) is 6.92 Å². The Kier molecular flexibility index (Phi) is 4.76. The Morgan fingerprint density at radius 3 is 2.78 bits per heavy atom. The van der Waals surface area contributed by atoms with Gasteiger partial charge in [-0.25, -0.2) is 4.98 Å². The normalized spacial score (nSPS) is 14.6. The van der Waals surface area contributed by atoms with Gasteiger partial charge in [-0.2, -0.15) is 0 Å². The molecule has 0 unspecified atom stereocenters. The summed E-state index contributed by atoms with van der Waals surface area (Å²) in [7, 11) is 1.99. The second-order valence-electron chi connectivity index (χ2n) is 6.75. The first kappa shape index (κ1) is 17.8. The Balaban J connectivity index is 1.72. The molecule has 1 saturated heterocycles. The van der Waals surface area contributed by atoms with Crippen molar-refractivity contribution in [2.75, 3.05) is 31.6 Å². The summed E-state index contributed by atoms with van der Waals surface area (Å²) in [4.78, 5) is 6.66. The first-order chi connectivity index (χ1) is 13.0. The Morgan fingerprint density at radius 2 is 2.04 bits per heavy atom. The van der Waals surface area contributed by atoms with Crippen molar-refractivity contribution >= 4 is 39.8 Å². The molecule has 1 aliphatic heterocycles. The molecule has 1 fully saturated rings. The third-order valence-electron chi connectivity index (χ3n) is 4.92. The van der Waals surface area contributed by atoms with Gasteiger partial charge in [0.25, 0.3) is 0 Å². The van der Waals surface area contributed by atoms with Gasteiger partial charge in [0, 0.05) is 48.6 Å². The van der Waals surface area contributed by atoms with Gasteiger partial charge in [-0.15, -0.1) is 0 Å². The van der Waals surface area contributed by atoms with Crippen molar-refractivity contribution in [3.63, 3.8) is 0 Å². The second kappa shape index (κ2) is 7.21. The zero-order valence-corrected chi connectivity index (χ0v) is 16.2. The van der Waals surface area contributed by atoms with Gasteiger partial charge in [0.1, 0.15) is 11.7 Å². The summed E-state index contributed by atoms with van der Waals surface area (Å²) >= 11 is 6.25. The van der Waals surface area contributed by atoms with Crippen LogP contribution in [-0.2, 0) is 11.8 Å². The maximum Gasteiger partial charge on any atom is 0.139 e. The molecule has 6 nitrogen and oxygen atoms in total. The Labute approximate surface area is 163 Å². The van der Waals surface area contributed by atoms with Gasteiger partial charge in [0.2, 0.25) is 0 Å². The molecular weight excluding hydrogens is 362 g/mol. The van der Waals surface area contributed by atoms with Crippen LogP contribution in [0.2, 0.25) is 5.02 Å². The predicted molar refractivity (Wildman–Crippen MR) is 109 cm³/mol. The summed E-state index contributed by atoms with van der Waals surface area (Å²) in [5.41, 5.74) is 3.74. The molecule has 0 amide bonds. The molecule has 0 radical (unpaired) electrons. The third-order valence-corrected chi connectivity index (χ3v) is 5.33. The number of anilines is 2. The quantitative estimate of drug-likeness (QED) is 0.531. The zero-order chi connectivity index (χ0) is 19.0. The number of morpholine rings is 1. The van der Waals surface area contributed by atoms with Crippen molar-refractivity contribution in [2.24, 2.45) is 7.05 Å². The maximum atomic E-state index is 8.66. The van der Waals surface area contributed by atoms with E-state index < -0.39 is 0 Å². The number of halogens is 1. The molecule has 0 spiro atoms. The number of rotatable bonds is 3. The van der Waals surface area contributed by atoms with Crippen LogP contribution >= 0.6 is 11.6 Å². The average Bonchev–Trinajstić information content (AvgIpc) is 3.08. The average molecular weight is 384 g/mol. The van der Waals surface area contributed by atoms with Gasteiger partial charge in [-0.05, 0) is 30.7 Å². The van der Waals surface area contributed by atoms with Gasteiger partial charge in [0.15, 0.2) is 0 Å². The molecule has 0 saturated carbocycles. The Hall–Kier alpha value is -2.57. The number of fused-ring (bicyclic) bond motifs is 1. The van der Waals surface area contributed by atoms with E-state index in [4.69, 9.17) is 21.7 Å². The molecule has 1 aromatic carbocycles. The van der Waals surface area contributed by atoms with Gasteiger partial charge in [-0.3, -0.25) is 5.41 Å². The molecule has 0 bridgehead atoms. The summed E-state index contributed by atoms with van der Waals surface area (Å²) in [6, 6.07) is 7.89. The molecule has 140 valence electrons. The molecule has 4 rings (SSSR count). The zero-order valence-electron chi connectivity index (χ0n) is 15.4. The van der Waals surface area contributed by atoms with Crippen molar-refractivity contribution in [1.82, 2.24) is 14.5 Å². The summed E-state index contributed by atoms with van der Waals surface area (Å²) in [6.45, 7) is 4.74. The number of ether oxygens (including phenoxy) is 1. The number of nitrogens with one attached hydrogen (secondary N) is 2. The topological polar surface area (TPSA) is 66.2 Å². The lowest BCUT2D eigenvalue weighted by molar-refractivity contribution is 0.0680. The smallest absolute Gasteiger partial charge is 0.139 e. The summed E-state index contributed by atoms with van der Waals surface area (Å²) < 4.78 is 7.44. The molecule has 0 atom stereocenters. The van der Waals surface area contributed by atoms with Crippen LogP contribution in [0, 0.1) is 12.3 Å². The van der Waals surface area contributed by atoms with Gasteiger partial charge >= 0.3 is 0 Å². The molecule has 3 aromatic rings. The standard InChI is InChI=1S/C20H22ClN5O/c1-13-3-4-14(11-17(13)21)24-20-15-5-6-25(2)18(15)16(12-23-20)19(22)26-7-9-27-10-8-26/h3-6,11-12,22H,7-10H2,1-2H3,(H,23,24). The first-order valence-corrected chi connectivity index (χ1v) is 9.31. The summed E-state index contributed by atoms with van der Waals surface area (Å²) in [5, 5.41) is 13.7. The van der Waals surface area contributed by atoms with E-state index in [0.717, 1.165) is 51.6 Å². The minimum atomic E-state index is 0.488. The van der Waals surface area contributed by atoms with Crippen molar-refractivity contribution in [3.05, 3.63) is 52.8 Å². The number of amidine groups is 1. The molecule has 2 N–H and O–H groups in total. The van der Waals surface area contributed by atoms with E-state index in [-0.39, 0.29) is 0 Å². The minimum absolute atomic E-state index is 0.488. The van der Waals surface area contributed by atoms with Gasteiger partial charge in [-0.1, -0.05) is 17.7 Å². The fraction of sp³-hybridized carbons (Fsp3) is 0.300. The van der Waals surface area contributed by atoms with Crippen LogP contribution in [0.3, 0.4) is 0 Å². The highest BCUT2D eigenvalue weighted by Gasteiger charge is 2.20. The van der Waals surface area contributed by atoms with Crippen molar-refractivity contribution in [1.29, 1.82) is 5.41 Å². The number of hydrogen-bond acceptors (Lipinski definition) is 4. The molecule has 7 heteroatoms. The number of aryl methyl sites for hydroxylation is 2. The van der Waals surface area contributed by atoms with E-state index in [1.807, 2.05) is 53.9 Å². The van der Waals surface area contributed by atoms with E-state index in [0.29, 0.717) is 19.0 Å². The number of pyridine rings is 1. The van der Waals surface area contributed by atoms with Crippen LogP contribution in [0.5, 0.6) is 0 Å². The number of hydrogen-bond donors (Lipinski definition) is 2. The lowest BCUT2D eigenvalue weighted by Gasteiger charge is -2.29. The monoisotopic (exact) mass is 383 g/mol. The van der Waals surface area contributed by atoms with Crippen molar-refractivity contribution < 1.29 is 4.74 Å². The summed E-state index contributed by atoms with van der Waals surface area (Å²) in [5.74, 6) is 1.24. The number of benzene rings is 1. The van der Waals surface area contributed by atoms with E-state index in [2.05, 4.69) is 10.3 Å². The second-order valence-corrected chi connectivity index (χ2v) is 7.15. The Bertz CT molecular complexity index is 1010. The minimum Gasteiger partial charge on any atom is -0.378 e. The lowest BCUT2D eigenvalue weighted by atomic mass is 10.1. The molecule has 0 aliphatic carbocycles. The van der Waals surface area contributed by atoms with Gasteiger partial charge < -0.3 is 19.5 Å². The highest BCUT2D eigenvalue weighted by Crippen LogP contribution is 2.30. The first-order valence-electron chi connectivity index (χ1n) is 8.93. The van der Waals surface area contributed by atoms with Crippen LogP contribution in [0.25, 0.3) is 10.9 Å². The lowest BCUT2D eigenvalue weighted by Crippen LogP contribution is -2.40. The maximum absolute atomic E-state index is 8.66. The van der Waals surface area contributed by atoms with E-state index in [1.165, 1.54) is 0 Å². The van der Waals surface area contributed by atoms with E-state index in [9.17, 15) is 0 Å². The van der Waals surface area contributed by atoms with E-state index >= 15 is 0 Å². The van der Waals surface area contributed by atoms with Crippen LogP contribution in [0.1, 0.15) is 11.1 Å². The highest BCUT2D eigenvalue weighted by atomic mass is 35.5. The van der Waals surface area contributed by atoms with Crippen LogP contribution in [0.4, 0.5) is 11.5 Å². The highest BCUT2D eigenvalue weighted by molar-refractivity contribution is 6.31. The third kappa shape index (κ3) is 3.38. The van der Waals surface area contributed by atoms with Crippen LogP contribution < -0.4 is 5.32 Å². The van der Waals surface area contributed by atoms with E-state index in [1.54, 1.807) is 6.20 Å². The number of aromatic nitrogens is 2. The van der Waals surface area contributed by atoms with Gasteiger partial charge in [0.05, 0.1) is 24.3 Å². The molecule has 2 aromatic heterocycles. The predicted octanol–water partition coefficient (Wildman–Crippen LogP) is 3.94. The largest absolute Gasteiger partial charge is 0.378 e. The number of nitrogens with zero attached hydrogens (tertiary/aromatic N) is 3. The molecule has 27 heavy (non-hydrogen) atoms. The SMILES string of the molecule is Cc1ccc(Nc2ncc(C(=N)N3CCOCC3)c3c2ccn3C)cc1Cl. The molecule has 1 aliphatic rings. The van der Waals surface area contributed by atoms with Crippen LogP contribution in [0.15, 0.2) is 36.7 Å². The molecular formula is C20H22ClN5O.